The Labute approximate surface area is 200 Å². The summed E-state index contributed by atoms with van der Waals surface area (Å²) in [6, 6.07) is 16.1. The fourth-order valence-corrected chi connectivity index (χ4v) is 3.47. The van der Waals surface area contributed by atoms with Crippen molar-refractivity contribution in [3.05, 3.63) is 71.8 Å². The van der Waals surface area contributed by atoms with E-state index in [1.165, 1.54) is 14.2 Å². The highest BCUT2D eigenvalue weighted by molar-refractivity contribution is 5.87. The third-order valence-electron chi connectivity index (χ3n) is 5.47. The molecule has 34 heavy (non-hydrogen) atoms. The standard InChI is InChI=1S/C26H32N2O6/c1-18(24(30)28-23(26(32)34-3)20-15-8-5-9-16-20)12-10-11-17-21(29)27-22(25(31)33-2)19-13-6-4-7-14-19/h4-9,13-16,18,22-23H,10-12,17H2,1-3H3,(H,27,29)(H,28,30)/t18-,22+,23+/m1/s1. The summed E-state index contributed by atoms with van der Waals surface area (Å²) in [4.78, 5) is 49.3. The van der Waals surface area contributed by atoms with E-state index in [1.54, 1.807) is 55.5 Å². The van der Waals surface area contributed by atoms with Crippen LogP contribution in [0, 0.1) is 5.92 Å². The molecule has 0 heterocycles. The van der Waals surface area contributed by atoms with E-state index in [2.05, 4.69) is 10.6 Å². The zero-order chi connectivity index (χ0) is 24.9. The van der Waals surface area contributed by atoms with Crippen molar-refractivity contribution in [3.63, 3.8) is 0 Å². The molecule has 8 nitrogen and oxygen atoms in total. The summed E-state index contributed by atoms with van der Waals surface area (Å²) in [5.74, 6) is -1.97. The number of hydrogen-bond acceptors (Lipinski definition) is 6. The lowest BCUT2D eigenvalue weighted by Crippen LogP contribution is -2.37. The number of nitrogens with one attached hydrogen (secondary N) is 2. The molecule has 2 N–H and O–H groups in total. The van der Waals surface area contributed by atoms with Gasteiger partial charge in [0.05, 0.1) is 14.2 Å². The molecular weight excluding hydrogens is 436 g/mol. The molecule has 0 aromatic heterocycles. The lowest BCUT2D eigenvalue weighted by Gasteiger charge is -2.20. The lowest BCUT2D eigenvalue weighted by atomic mass is 10.0. The van der Waals surface area contributed by atoms with Gasteiger partial charge in [0, 0.05) is 12.3 Å². The van der Waals surface area contributed by atoms with Crippen molar-refractivity contribution in [1.82, 2.24) is 10.6 Å². The predicted octanol–water partition coefficient (Wildman–Crippen LogP) is 3.24. The first kappa shape index (κ1) is 26.6. The molecule has 0 aliphatic heterocycles. The van der Waals surface area contributed by atoms with Crippen molar-refractivity contribution in [3.8, 4) is 0 Å². The number of carbonyl (C=O) groups is 4. The van der Waals surface area contributed by atoms with Crippen molar-refractivity contribution >= 4 is 23.8 Å². The Morgan fingerprint density at radius 1 is 0.735 bits per heavy atom. The number of esters is 2. The fraction of sp³-hybridized carbons (Fsp3) is 0.385. The molecule has 0 saturated heterocycles. The first-order valence-electron chi connectivity index (χ1n) is 11.2. The Bertz CT molecular complexity index is 948. The van der Waals surface area contributed by atoms with E-state index in [9.17, 15) is 19.2 Å². The predicted molar refractivity (Wildman–Crippen MR) is 126 cm³/mol. The van der Waals surface area contributed by atoms with Crippen molar-refractivity contribution in [2.24, 2.45) is 5.92 Å². The van der Waals surface area contributed by atoms with Gasteiger partial charge in [-0.25, -0.2) is 9.59 Å². The first-order valence-corrected chi connectivity index (χ1v) is 11.2. The number of ether oxygens (including phenoxy) is 2. The van der Waals surface area contributed by atoms with E-state index in [4.69, 9.17) is 9.47 Å². The largest absolute Gasteiger partial charge is 0.467 e. The van der Waals surface area contributed by atoms with Crippen molar-refractivity contribution in [2.75, 3.05) is 14.2 Å². The van der Waals surface area contributed by atoms with Crippen molar-refractivity contribution in [1.29, 1.82) is 0 Å². The highest BCUT2D eigenvalue weighted by Gasteiger charge is 2.26. The van der Waals surface area contributed by atoms with Crippen molar-refractivity contribution < 1.29 is 28.7 Å². The second-order valence-electron chi connectivity index (χ2n) is 7.96. The molecule has 0 radical (unpaired) electrons. The second kappa shape index (κ2) is 13.8. The van der Waals surface area contributed by atoms with Gasteiger partial charge in [-0.2, -0.15) is 0 Å². The van der Waals surface area contributed by atoms with Gasteiger partial charge in [-0.1, -0.05) is 74.0 Å². The Balaban J connectivity index is 1.82. The smallest absolute Gasteiger partial charge is 0.333 e. The van der Waals surface area contributed by atoms with E-state index >= 15 is 0 Å². The average molecular weight is 469 g/mol. The Kier molecular flexibility index (Phi) is 10.8. The van der Waals surface area contributed by atoms with Crippen LogP contribution in [0.25, 0.3) is 0 Å². The van der Waals surface area contributed by atoms with Crippen LogP contribution < -0.4 is 10.6 Å². The van der Waals surface area contributed by atoms with Crippen LogP contribution in [0.15, 0.2) is 60.7 Å². The topological polar surface area (TPSA) is 111 Å². The number of unbranched alkanes of at least 4 members (excludes halogenated alkanes) is 1. The maximum atomic E-state index is 12.6. The van der Waals surface area contributed by atoms with Crippen LogP contribution in [0.5, 0.6) is 0 Å². The van der Waals surface area contributed by atoms with E-state index in [0.717, 1.165) is 0 Å². The van der Waals surface area contributed by atoms with E-state index in [1.807, 2.05) is 12.1 Å². The minimum absolute atomic E-state index is 0.212. The molecular formula is C26H32N2O6. The van der Waals surface area contributed by atoms with E-state index < -0.39 is 24.0 Å². The first-order chi connectivity index (χ1) is 16.4. The second-order valence-corrected chi connectivity index (χ2v) is 7.96. The van der Waals surface area contributed by atoms with Gasteiger partial charge >= 0.3 is 11.9 Å². The number of carbonyl (C=O) groups excluding carboxylic acids is 4. The Hall–Kier alpha value is -3.68. The summed E-state index contributed by atoms with van der Waals surface area (Å²) in [6.45, 7) is 1.78. The highest BCUT2D eigenvalue weighted by Crippen LogP contribution is 2.18. The summed E-state index contributed by atoms with van der Waals surface area (Å²) in [5, 5.41) is 5.47. The summed E-state index contributed by atoms with van der Waals surface area (Å²) in [6.07, 6.45) is 1.93. The van der Waals surface area contributed by atoms with Crippen molar-refractivity contribution in [2.45, 2.75) is 44.7 Å². The van der Waals surface area contributed by atoms with Crippen LogP contribution in [0.1, 0.15) is 55.8 Å². The molecule has 2 amide bonds. The minimum atomic E-state index is -0.875. The molecule has 0 spiro atoms. The molecule has 0 fully saturated rings. The SMILES string of the molecule is COC(=O)[C@@H](NC(=O)CCCC[C@@H](C)C(=O)N[C@H](C(=O)OC)c1ccccc1)c1ccccc1. The van der Waals surface area contributed by atoms with Gasteiger partial charge in [-0.15, -0.1) is 0 Å². The van der Waals surface area contributed by atoms with E-state index in [0.29, 0.717) is 30.4 Å². The fourth-order valence-electron chi connectivity index (χ4n) is 3.47. The van der Waals surface area contributed by atoms with Gasteiger partial charge < -0.3 is 20.1 Å². The number of amides is 2. The Morgan fingerprint density at radius 3 is 1.68 bits per heavy atom. The zero-order valence-corrected chi connectivity index (χ0v) is 19.8. The third-order valence-corrected chi connectivity index (χ3v) is 5.47. The molecule has 2 aromatic rings. The van der Waals surface area contributed by atoms with Gasteiger partial charge in [0.1, 0.15) is 0 Å². The maximum absolute atomic E-state index is 12.6. The minimum Gasteiger partial charge on any atom is -0.467 e. The van der Waals surface area contributed by atoms with Crippen LogP contribution in [-0.2, 0) is 28.7 Å². The third kappa shape index (κ3) is 8.03. The monoisotopic (exact) mass is 468 g/mol. The molecule has 2 aromatic carbocycles. The van der Waals surface area contributed by atoms with Gasteiger partial charge in [0.25, 0.3) is 0 Å². The highest BCUT2D eigenvalue weighted by atomic mass is 16.5. The molecule has 3 atom stereocenters. The number of methoxy groups -OCH3 is 2. The quantitative estimate of drug-likeness (QED) is 0.365. The lowest BCUT2D eigenvalue weighted by molar-refractivity contribution is -0.145. The summed E-state index contributed by atoms with van der Waals surface area (Å²) in [7, 11) is 2.56. The molecule has 0 aliphatic carbocycles. The molecule has 8 heteroatoms. The molecule has 0 saturated carbocycles. The zero-order valence-electron chi connectivity index (χ0n) is 19.8. The average Bonchev–Trinajstić information content (AvgIpc) is 2.88. The Morgan fingerprint density at radius 2 is 1.21 bits per heavy atom. The molecule has 0 bridgehead atoms. The van der Waals surface area contributed by atoms with E-state index in [-0.39, 0.29) is 24.2 Å². The normalized spacial score (nSPS) is 13.1. The maximum Gasteiger partial charge on any atom is 0.333 e. The number of benzene rings is 2. The van der Waals surface area contributed by atoms with Crippen LogP contribution in [0.2, 0.25) is 0 Å². The summed E-state index contributed by atoms with van der Waals surface area (Å²) < 4.78 is 9.64. The number of hydrogen-bond donors (Lipinski definition) is 2. The van der Waals surface area contributed by atoms with Gasteiger partial charge in [0.15, 0.2) is 12.1 Å². The molecule has 0 aliphatic rings. The summed E-state index contributed by atoms with van der Waals surface area (Å²) >= 11 is 0. The van der Waals surface area contributed by atoms with Gasteiger partial charge in [0.2, 0.25) is 11.8 Å². The molecule has 182 valence electrons. The summed E-state index contributed by atoms with van der Waals surface area (Å²) in [5.41, 5.74) is 1.29. The number of rotatable bonds is 12. The van der Waals surface area contributed by atoms with Crippen LogP contribution in [0.3, 0.4) is 0 Å². The van der Waals surface area contributed by atoms with Crippen LogP contribution >= 0.6 is 0 Å². The van der Waals surface area contributed by atoms with Gasteiger partial charge in [-0.3, -0.25) is 9.59 Å². The van der Waals surface area contributed by atoms with Crippen LogP contribution in [-0.4, -0.2) is 38.0 Å². The molecule has 2 rings (SSSR count). The van der Waals surface area contributed by atoms with Gasteiger partial charge in [-0.05, 0) is 24.0 Å². The molecule has 0 unspecified atom stereocenters. The van der Waals surface area contributed by atoms with Crippen LogP contribution in [0.4, 0.5) is 0 Å².